The number of hydrogen-bond donors (Lipinski definition) is 2. The number of aromatic nitrogens is 2. The van der Waals surface area contributed by atoms with Gasteiger partial charge in [0, 0.05) is 11.6 Å². The van der Waals surface area contributed by atoms with Crippen LogP contribution in [0.3, 0.4) is 0 Å². The molecule has 0 fully saturated rings. The van der Waals surface area contributed by atoms with Crippen LogP contribution in [0.1, 0.15) is 0 Å². The Morgan fingerprint density at radius 2 is 2.07 bits per heavy atom. The molecule has 144 valence electrons. The lowest BCUT2D eigenvalue weighted by Gasteiger charge is -2.16. The van der Waals surface area contributed by atoms with E-state index in [1.54, 1.807) is 6.07 Å². The SMILES string of the molecule is COC[C@H](Nc1ncnc(Nc2ccc(Br)cc2F)c1[N+](=O)[O-])C(=O)OC. The molecule has 0 saturated heterocycles. The second kappa shape index (κ2) is 9.19. The number of rotatable bonds is 8. The van der Waals surface area contributed by atoms with E-state index in [2.05, 4.69) is 41.3 Å². The lowest BCUT2D eigenvalue weighted by atomic mass is 10.3. The minimum atomic E-state index is -1.04. The fraction of sp³-hybridized carbons (Fsp3) is 0.267. The van der Waals surface area contributed by atoms with E-state index in [0.29, 0.717) is 4.47 Å². The van der Waals surface area contributed by atoms with Gasteiger partial charge in [-0.15, -0.1) is 0 Å². The average Bonchev–Trinajstić information content (AvgIpc) is 2.63. The molecule has 0 aliphatic carbocycles. The number of methoxy groups -OCH3 is 2. The number of nitrogens with one attached hydrogen (secondary N) is 2. The van der Waals surface area contributed by atoms with Crippen LogP contribution < -0.4 is 10.6 Å². The molecule has 0 bridgehead atoms. The maximum absolute atomic E-state index is 14.0. The van der Waals surface area contributed by atoms with Gasteiger partial charge in [-0.3, -0.25) is 10.1 Å². The van der Waals surface area contributed by atoms with Gasteiger partial charge in [-0.1, -0.05) is 15.9 Å². The Morgan fingerprint density at radius 1 is 1.37 bits per heavy atom. The van der Waals surface area contributed by atoms with Gasteiger partial charge in [0.05, 0.1) is 24.3 Å². The molecular formula is C15H15BrFN5O5. The van der Waals surface area contributed by atoms with Gasteiger partial charge in [-0.05, 0) is 18.2 Å². The lowest BCUT2D eigenvalue weighted by Crippen LogP contribution is -2.35. The Bertz CT molecular complexity index is 853. The van der Waals surface area contributed by atoms with Gasteiger partial charge in [0.15, 0.2) is 0 Å². The first kappa shape index (κ1) is 20.5. The second-order valence-electron chi connectivity index (χ2n) is 5.10. The van der Waals surface area contributed by atoms with E-state index in [1.165, 1.54) is 26.4 Å². The number of nitro groups is 1. The molecule has 0 spiro atoms. The molecule has 1 heterocycles. The Hall–Kier alpha value is -2.86. The molecule has 0 aliphatic rings. The van der Waals surface area contributed by atoms with Crippen molar-refractivity contribution in [3.63, 3.8) is 0 Å². The van der Waals surface area contributed by atoms with Crippen LogP contribution in [-0.4, -0.2) is 47.7 Å². The first-order valence-corrected chi connectivity index (χ1v) is 8.21. The highest BCUT2D eigenvalue weighted by Gasteiger charge is 2.28. The van der Waals surface area contributed by atoms with Gasteiger partial charge < -0.3 is 20.1 Å². The van der Waals surface area contributed by atoms with Crippen molar-refractivity contribution in [2.24, 2.45) is 0 Å². The fourth-order valence-electron chi connectivity index (χ4n) is 2.11. The van der Waals surface area contributed by atoms with Crippen molar-refractivity contribution in [3.05, 3.63) is 44.9 Å². The number of halogens is 2. The topological polar surface area (TPSA) is 129 Å². The molecular weight excluding hydrogens is 429 g/mol. The molecule has 0 radical (unpaired) electrons. The zero-order valence-electron chi connectivity index (χ0n) is 14.2. The highest BCUT2D eigenvalue weighted by molar-refractivity contribution is 9.10. The predicted octanol–water partition coefficient (Wildman–Crippen LogP) is 2.63. The van der Waals surface area contributed by atoms with Crippen LogP contribution in [0.5, 0.6) is 0 Å². The summed E-state index contributed by atoms with van der Waals surface area (Å²) in [6, 6.07) is 3.11. The average molecular weight is 444 g/mol. The summed E-state index contributed by atoms with van der Waals surface area (Å²) in [5.41, 5.74) is -0.586. The normalized spacial score (nSPS) is 11.6. The second-order valence-corrected chi connectivity index (χ2v) is 6.02. The summed E-state index contributed by atoms with van der Waals surface area (Å²) in [5.74, 6) is -1.83. The van der Waals surface area contributed by atoms with Gasteiger partial charge in [0.1, 0.15) is 18.2 Å². The van der Waals surface area contributed by atoms with Crippen LogP contribution in [0.25, 0.3) is 0 Å². The molecule has 0 aliphatic heterocycles. The maximum atomic E-state index is 14.0. The number of carbonyl (C=O) groups excluding carboxylic acids is 1. The largest absolute Gasteiger partial charge is 0.467 e. The Labute approximate surface area is 161 Å². The lowest BCUT2D eigenvalue weighted by molar-refractivity contribution is -0.383. The fourth-order valence-corrected chi connectivity index (χ4v) is 2.44. The van der Waals surface area contributed by atoms with Gasteiger partial charge >= 0.3 is 11.7 Å². The number of nitrogens with zero attached hydrogens (tertiary/aromatic N) is 3. The first-order chi connectivity index (χ1) is 12.9. The summed E-state index contributed by atoms with van der Waals surface area (Å²) in [7, 11) is 2.53. The highest BCUT2D eigenvalue weighted by Crippen LogP contribution is 2.32. The Kier molecular flexibility index (Phi) is 6.96. The van der Waals surface area contributed by atoms with Crippen LogP contribution in [0.15, 0.2) is 29.0 Å². The number of hydrogen-bond acceptors (Lipinski definition) is 9. The quantitative estimate of drug-likeness (QED) is 0.359. The summed E-state index contributed by atoms with van der Waals surface area (Å²) < 4.78 is 24.1. The molecule has 0 saturated carbocycles. The Balaban J connectivity index is 2.41. The molecule has 0 amide bonds. The van der Waals surface area contributed by atoms with Crippen molar-refractivity contribution < 1.29 is 23.6 Å². The van der Waals surface area contributed by atoms with E-state index in [1.807, 2.05) is 0 Å². The summed E-state index contributed by atoms with van der Waals surface area (Å²) >= 11 is 3.13. The van der Waals surface area contributed by atoms with Crippen molar-refractivity contribution >= 4 is 44.9 Å². The number of ether oxygens (including phenoxy) is 2. The summed E-state index contributed by atoms with van der Waals surface area (Å²) in [6.07, 6.45) is 1.04. The van der Waals surface area contributed by atoms with Crippen LogP contribution in [0.2, 0.25) is 0 Å². The van der Waals surface area contributed by atoms with E-state index in [9.17, 15) is 19.3 Å². The zero-order valence-corrected chi connectivity index (χ0v) is 15.8. The van der Waals surface area contributed by atoms with Crippen LogP contribution in [0, 0.1) is 15.9 Å². The molecule has 1 aromatic heterocycles. The van der Waals surface area contributed by atoms with Crippen molar-refractivity contribution in [1.82, 2.24) is 9.97 Å². The van der Waals surface area contributed by atoms with E-state index < -0.39 is 28.4 Å². The first-order valence-electron chi connectivity index (χ1n) is 7.42. The number of benzene rings is 1. The molecule has 10 nitrogen and oxygen atoms in total. The van der Waals surface area contributed by atoms with E-state index >= 15 is 0 Å². The van der Waals surface area contributed by atoms with Crippen molar-refractivity contribution in [2.45, 2.75) is 6.04 Å². The highest BCUT2D eigenvalue weighted by atomic mass is 79.9. The molecule has 2 rings (SSSR count). The molecule has 1 aromatic carbocycles. The number of esters is 1. The summed E-state index contributed by atoms with van der Waals surface area (Å²) in [4.78, 5) is 30.2. The van der Waals surface area contributed by atoms with Gasteiger partial charge in [0.25, 0.3) is 0 Å². The third-order valence-electron chi connectivity index (χ3n) is 3.32. The van der Waals surface area contributed by atoms with Crippen molar-refractivity contribution in [3.8, 4) is 0 Å². The van der Waals surface area contributed by atoms with Crippen LogP contribution in [-0.2, 0) is 14.3 Å². The molecule has 0 unspecified atom stereocenters. The summed E-state index contributed by atoms with van der Waals surface area (Å²) in [6.45, 7) is -0.113. The van der Waals surface area contributed by atoms with E-state index in [-0.39, 0.29) is 23.9 Å². The van der Waals surface area contributed by atoms with E-state index in [4.69, 9.17) is 4.74 Å². The summed E-state index contributed by atoms with van der Waals surface area (Å²) in [5, 5.41) is 16.7. The maximum Gasteiger partial charge on any atom is 0.353 e. The Morgan fingerprint density at radius 3 is 2.67 bits per heavy atom. The predicted molar refractivity (Wildman–Crippen MR) is 97.4 cm³/mol. The molecule has 12 heteroatoms. The number of carbonyl (C=O) groups is 1. The molecule has 2 aromatic rings. The third-order valence-corrected chi connectivity index (χ3v) is 3.81. The van der Waals surface area contributed by atoms with E-state index in [0.717, 1.165) is 6.33 Å². The minimum Gasteiger partial charge on any atom is -0.467 e. The van der Waals surface area contributed by atoms with Gasteiger partial charge in [-0.2, -0.15) is 0 Å². The number of anilines is 3. The van der Waals surface area contributed by atoms with Crippen molar-refractivity contribution in [2.75, 3.05) is 31.5 Å². The van der Waals surface area contributed by atoms with Gasteiger partial charge in [0.2, 0.25) is 11.6 Å². The molecule has 2 N–H and O–H groups in total. The molecule has 27 heavy (non-hydrogen) atoms. The standard InChI is InChI=1S/C15H15BrFN5O5/c1-26-6-11(15(23)27-2)21-14-12(22(24)25)13(18-7-19-14)20-10-4-3-8(16)5-9(10)17/h3-5,7,11H,6H2,1-2H3,(H2,18,19,20,21)/t11-/m0/s1. The van der Waals surface area contributed by atoms with Gasteiger partial charge in [-0.25, -0.2) is 19.2 Å². The monoisotopic (exact) mass is 443 g/mol. The molecule has 1 atom stereocenters. The third kappa shape index (κ3) is 5.08. The smallest absolute Gasteiger partial charge is 0.353 e. The van der Waals surface area contributed by atoms with Crippen molar-refractivity contribution in [1.29, 1.82) is 0 Å². The van der Waals surface area contributed by atoms with Crippen LogP contribution >= 0.6 is 15.9 Å². The zero-order chi connectivity index (χ0) is 20.0. The minimum absolute atomic E-state index is 0.0210. The van der Waals surface area contributed by atoms with Crippen LogP contribution in [0.4, 0.5) is 27.4 Å².